The number of benzene rings is 3. The van der Waals surface area contributed by atoms with Gasteiger partial charge < -0.3 is 11.1 Å². The molecule has 0 bridgehead atoms. The van der Waals surface area contributed by atoms with Crippen LogP contribution in [0.1, 0.15) is 22.8 Å². The second kappa shape index (κ2) is 9.48. The van der Waals surface area contributed by atoms with Crippen molar-refractivity contribution in [3.63, 3.8) is 0 Å². The summed E-state index contributed by atoms with van der Waals surface area (Å²) in [4.78, 5) is 42.0. The fraction of sp³-hybridized carbons (Fsp3) is 0.120. The van der Waals surface area contributed by atoms with E-state index in [0.29, 0.717) is 33.4 Å². The van der Waals surface area contributed by atoms with Crippen molar-refractivity contribution in [2.24, 2.45) is 5.73 Å². The molecular formula is C25H21FN4O3S. The van der Waals surface area contributed by atoms with Crippen LogP contribution in [0.15, 0.2) is 76.7 Å². The topological polar surface area (TPSA) is 107 Å². The normalized spacial score (nSPS) is 11.9. The van der Waals surface area contributed by atoms with Gasteiger partial charge in [0.1, 0.15) is 5.82 Å². The van der Waals surface area contributed by atoms with E-state index in [0.717, 1.165) is 11.8 Å². The van der Waals surface area contributed by atoms with Gasteiger partial charge in [-0.15, -0.1) is 0 Å². The Morgan fingerprint density at radius 2 is 1.79 bits per heavy atom. The number of carbonyl (C=O) groups is 2. The summed E-state index contributed by atoms with van der Waals surface area (Å²) < 4.78 is 15.6. The molecule has 1 heterocycles. The quantitative estimate of drug-likeness (QED) is 0.323. The number of aryl methyl sites for hydroxylation is 1. The van der Waals surface area contributed by atoms with Gasteiger partial charge in [-0.3, -0.25) is 19.0 Å². The molecule has 4 rings (SSSR count). The van der Waals surface area contributed by atoms with E-state index < -0.39 is 17.0 Å². The van der Waals surface area contributed by atoms with E-state index in [1.165, 1.54) is 22.8 Å². The molecule has 4 aromatic rings. The first-order valence-electron chi connectivity index (χ1n) is 10.4. The SMILES string of the molecule is Cc1ccc(-n2c(SC(C)C(=O)Nc3ccc(C(N)=O)cc3)nc3ccccc3c2=O)cc1F. The second-order valence-electron chi connectivity index (χ2n) is 7.68. The highest BCUT2D eigenvalue weighted by molar-refractivity contribution is 8.00. The van der Waals surface area contributed by atoms with Crippen molar-refractivity contribution in [2.75, 3.05) is 5.32 Å². The number of primary amides is 1. The van der Waals surface area contributed by atoms with Crippen molar-refractivity contribution in [3.05, 3.63) is 94.0 Å². The van der Waals surface area contributed by atoms with E-state index in [2.05, 4.69) is 10.3 Å². The van der Waals surface area contributed by atoms with Crippen LogP contribution in [0.4, 0.5) is 10.1 Å². The van der Waals surface area contributed by atoms with Gasteiger partial charge in [-0.25, -0.2) is 9.37 Å². The standard InChI is InChI=1S/C25H21FN4O3S/c1-14-7-12-18(13-20(14)26)30-24(33)19-5-3-4-6-21(19)29-25(30)34-15(2)23(32)28-17-10-8-16(9-11-17)22(27)31/h3-13,15H,1-2H3,(H2,27,31)(H,28,32). The number of anilines is 1. The zero-order valence-corrected chi connectivity index (χ0v) is 19.2. The van der Waals surface area contributed by atoms with E-state index >= 15 is 0 Å². The van der Waals surface area contributed by atoms with Crippen LogP contribution in [-0.4, -0.2) is 26.6 Å². The number of amides is 2. The molecule has 0 aliphatic heterocycles. The lowest BCUT2D eigenvalue weighted by molar-refractivity contribution is -0.115. The lowest BCUT2D eigenvalue weighted by Crippen LogP contribution is -2.26. The lowest BCUT2D eigenvalue weighted by atomic mass is 10.2. The minimum Gasteiger partial charge on any atom is -0.366 e. The molecule has 2 amide bonds. The predicted octanol–water partition coefficient (Wildman–Crippen LogP) is 4.05. The summed E-state index contributed by atoms with van der Waals surface area (Å²) in [6.07, 6.45) is 0. The van der Waals surface area contributed by atoms with E-state index in [9.17, 15) is 18.8 Å². The van der Waals surface area contributed by atoms with Crippen LogP contribution >= 0.6 is 11.8 Å². The van der Waals surface area contributed by atoms with Crippen molar-refractivity contribution >= 4 is 40.2 Å². The zero-order chi connectivity index (χ0) is 24.4. The third-order valence-corrected chi connectivity index (χ3v) is 6.30. The number of aromatic nitrogens is 2. The molecule has 3 aromatic carbocycles. The first-order chi connectivity index (χ1) is 16.2. The number of hydrogen-bond donors (Lipinski definition) is 2. The second-order valence-corrected chi connectivity index (χ2v) is 8.98. The molecule has 1 atom stereocenters. The summed E-state index contributed by atoms with van der Waals surface area (Å²) in [6, 6.07) is 17.6. The van der Waals surface area contributed by atoms with Crippen molar-refractivity contribution in [1.82, 2.24) is 9.55 Å². The van der Waals surface area contributed by atoms with E-state index in [1.54, 1.807) is 62.4 Å². The first kappa shape index (κ1) is 23.2. The van der Waals surface area contributed by atoms with Crippen LogP contribution in [0.2, 0.25) is 0 Å². The molecule has 0 radical (unpaired) electrons. The molecule has 0 saturated carbocycles. The smallest absolute Gasteiger partial charge is 0.266 e. The summed E-state index contributed by atoms with van der Waals surface area (Å²) >= 11 is 1.08. The van der Waals surface area contributed by atoms with Gasteiger partial charge in [-0.2, -0.15) is 0 Å². The first-order valence-corrected chi connectivity index (χ1v) is 11.3. The highest BCUT2D eigenvalue weighted by Gasteiger charge is 2.21. The van der Waals surface area contributed by atoms with Gasteiger partial charge in [-0.05, 0) is 67.9 Å². The van der Waals surface area contributed by atoms with Crippen LogP contribution in [0.25, 0.3) is 16.6 Å². The zero-order valence-electron chi connectivity index (χ0n) is 18.4. The van der Waals surface area contributed by atoms with Crippen LogP contribution in [-0.2, 0) is 4.79 Å². The molecule has 172 valence electrons. The van der Waals surface area contributed by atoms with Crippen molar-refractivity contribution in [2.45, 2.75) is 24.3 Å². The summed E-state index contributed by atoms with van der Waals surface area (Å²) in [5.41, 5.74) is 6.96. The Labute approximate surface area is 198 Å². The van der Waals surface area contributed by atoms with Crippen LogP contribution in [0.5, 0.6) is 0 Å². The van der Waals surface area contributed by atoms with Gasteiger partial charge in [0, 0.05) is 11.3 Å². The maximum absolute atomic E-state index is 14.3. The molecular weight excluding hydrogens is 455 g/mol. The molecule has 1 aromatic heterocycles. The predicted molar refractivity (Wildman–Crippen MR) is 131 cm³/mol. The summed E-state index contributed by atoms with van der Waals surface area (Å²) in [5, 5.41) is 2.77. The van der Waals surface area contributed by atoms with Crippen molar-refractivity contribution in [3.8, 4) is 5.69 Å². The Kier molecular flexibility index (Phi) is 6.47. The van der Waals surface area contributed by atoms with Gasteiger partial charge in [-0.1, -0.05) is 30.0 Å². The summed E-state index contributed by atoms with van der Waals surface area (Å²) in [6.45, 7) is 3.32. The molecule has 0 fully saturated rings. The highest BCUT2D eigenvalue weighted by atomic mass is 32.2. The highest BCUT2D eigenvalue weighted by Crippen LogP contribution is 2.26. The molecule has 1 unspecified atom stereocenters. The molecule has 0 saturated heterocycles. The number of nitrogens with two attached hydrogens (primary N) is 1. The minimum absolute atomic E-state index is 0.263. The maximum atomic E-state index is 14.3. The van der Waals surface area contributed by atoms with E-state index in [1.807, 2.05) is 0 Å². The third kappa shape index (κ3) is 4.69. The monoisotopic (exact) mass is 476 g/mol. The number of para-hydroxylation sites is 1. The largest absolute Gasteiger partial charge is 0.366 e. The Hall–Kier alpha value is -3.98. The number of rotatable bonds is 6. The molecule has 0 aliphatic rings. The molecule has 9 heteroatoms. The Balaban J connectivity index is 1.68. The average Bonchev–Trinajstić information content (AvgIpc) is 2.81. The number of nitrogens with one attached hydrogen (secondary N) is 1. The number of thioether (sulfide) groups is 1. The fourth-order valence-corrected chi connectivity index (χ4v) is 4.24. The third-order valence-electron chi connectivity index (χ3n) is 5.25. The summed E-state index contributed by atoms with van der Waals surface area (Å²) in [7, 11) is 0. The minimum atomic E-state index is -0.648. The van der Waals surface area contributed by atoms with Crippen LogP contribution in [0, 0.1) is 12.7 Å². The van der Waals surface area contributed by atoms with Gasteiger partial charge in [0.15, 0.2) is 5.16 Å². The Morgan fingerprint density at radius 3 is 2.47 bits per heavy atom. The van der Waals surface area contributed by atoms with Crippen LogP contribution < -0.4 is 16.6 Å². The number of hydrogen-bond acceptors (Lipinski definition) is 5. The van der Waals surface area contributed by atoms with Gasteiger partial charge in [0.2, 0.25) is 11.8 Å². The average molecular weight is 477 g/mol. The van der Waals surface area contributed by atoms with Crippen LogP contribution in [0.3, 0.4) is 0 Å². The molecule has 34 heavy (non-hydrogen) atoms. The van der Waals surface area contributed by atoms with Crippen molar-refractivity contribution in [1.29, 1.82) is 0 Å². The molecule has 3 N–H and O–H groups in total. The molecule has 0 spiro atoms. The number of nitrogens with zero attached hydrogens (tertiary/aromatic N) is 2. The van der Waals surface area contributed by atoms with E-state index in [-0.39, 0.29) is 16.6 Å². The molecule has 7 nitrogen and oxygen atoms in total. The maximum Gasteiger partial charge on any atom is 0.266 e. The molecule has 0 aliphatic carbocycles. The summed E-state index contributed by atoms with van der Waals surface area (Å²) in [5.74, 6) is -1.34. The Bertz CT molecular complexity index is 1470. The van der Waals surface area contributed by atoms with Gasteiger partial charge >= 0.3 is 0 Å². The van der Waals surface area contributed by atoms with E-state index in [4.69, 9.17) is 5.73 Å². The fourth-order valence-electron chi connectivity index (χ4n) is 3.31. The number of carbonyl (C=O) groups excluding carboxylic acids is 2. The Morgan fingerprint density at radius 1 is 1.09 bits per heavy atom. The lowest BCUT2D eigenvalue weighted by Gasteiger charge is -2.17. The number of halogens is 1. The van der Waals surface area contributed by atoms with Gasteiger partial charge in [0.05, 0.1) is 21.8 Å². The van der Waals surface area contributed by atoms with Crippen molar-refractivity contribution < 1.29 is 14.0 Å². The van der Waals surface area contributed by atoms with Gasteiger partial charge in [0.25, 0.3) is 5.56 Å². The number of fused-ring (bicyclic) bond motifs is 1.